The van der Waals surface area contributed by atoms with Crippen LogP contribution in [0.4, 0.5) is 0 Å². The molecular formula is C18H34O2. The van der Waals surface area contributed by atoms with E-state index in [1.807, 2.05) is 0 Å². The van der Waals surface area contributed by atoms with E-state index in [2.05, 4.69) is 25.7 Å². The van der Waals surface area contributed by atoms with Crippen molar-refractivity contribution in [2.24, 2.45) is 0 Å². The summed E-state index contributed by atoms with van der Waals surface area (Å²) >= 11 is 0. The monoisotopic (exact) mass is 282 g/mol. The van der Waals surface area contributed by atoms with Crippen LogP contribution in [-0.4, -0.2) is 21.4 Å². The fourth-order valence-electron chi connectivity index (χ4n) is 2.19. The summed E-state index contributed by atoms with van der Waals surface area (Å²) in [7, 11) is 0. The van der Waals surface area contributed by atoms with Crippen LogP contribution in [0.2, 0.25) is 0 Å². The maximum atomic E-state index is 10.2. The molecule has 0 heterocycles. The summed E-state index contributed by atoms with van der Waals surface area (Å²) in [6.07, 6.45) is 10.4. The zero-order chi connectivity index (χ0) is 15.5. The van der Waals surface area contributed by atoms with Crippen LogP contribution in [0.5, 0.6) is 0 Å². The molecule has 0 saturated heterocycles. The smallest absolute Gasteiger partial charge is 0.122 e. The highest BCUT2D eigenvalue weighted by Gasteiger charge is 2.20. The summed E-state index contributed by atoms with van der Waals surface area (Å²) < 4.78 is 0. The minimum atomic E-state index is -0.971. The molecule has 0 rings (SSSR count). The van der Waals surface area contributed by atoms with Gasteiger partial charge in [0.15, 0.2) is 0 Å². The lowest BCUT2D eigenvalue weighted by atomic mass is 9.94. The molecule has 2 heteroatoms. The summed E-state index contributed by atoms with van der Waals surface area (Å²) in [5, 5.41) is 20.4. The van der Waals surface area contributed by atoms with Crippen molar-refractivity contribution >= 4 is 0 Å². The molecule has 2 atom stereocenters. The number of unbranched alkanes of at least 4 members (excludes halogenated alkanes) is 6. The van der Waals surface area contributed by atoms with E-state index in [4.69, 9.17) is 0 Å². The van der Waals surface area contributed by atoms with Crippen LogP contribution in [0.15, 0.2) is 0 Å². The van der Waals surface area contributed by atoms with Crippen molar-refractivity contribution < 1.29 is 10.2 Å². The lowest BCUT2D eigenvalue weighted by Crippen LogP contribution is -2.26. The normalized spacial score (nSPS) is 16.9. The van der Waals surface area contributed by atoms with Gasteiger partial charge >= 0.3 is 0 Å². The Morgan fingerprint density at radius 3 is 1.30 bits per heavy atom. The van der Waals surface area contributed by atoms with Crippen LogP contribution < -0.4 is 0 Å². The SMILES string of the molecule is CCCCCC[C@@](C)(O)C#C[C@@](C)(O)CCCCCC. The summed E-state index contributed by atoms with van der Waals surface area (Å²) in [6.45, 7) is 7.85. The van der Waals surface area contributed by atoms with Crippen molar-refractivity contribution in [3.05, 3.63) is 0 Å². The molecule has 0 spiro atoms. The highest BCUT2D eigenvalue weighted by atomic mass is 16.3. The average Bonchev–Trinajstić information content (AvgIpc) is 2.38. The van der Waals surface area contributed by atoms with E-state index in [0.29, 0.717) is 12.8 Å². The molecule has 20 heavy (non-hydrogen) atoms. The van der Waals surface area contributed by atoms with Crippen molar-refractivity contribution in [2.75, 3.05) is 0 Å². The zero-order valence-corrected chi connectivity index (χ0v) is 14.0. The lowest BCUT2D eigenvalue weighted by molar-refractivity contribution is 0.0969. The number of hydrogen-bond acceptors (Lipinski definition) is 2. The maximum Gasteiger partial charge on any atom is 0.122 e. The highest BCUT2D eigenvalue weighted by molar-refractivity contribution is 5.19. The molecule has 0 amide bonds. The summed E-state index contributed by atoms with van der Waals surface area (Å²) in [4.78, 5) is 0. The molecule has 0 bridgehead atoms. The van der Waals surface area contributed by atoms with Gasteiger partial charge in [-0.05, 0) is 39.5 Å². The van der Waals surface area contributed by atoms with Gasteiger partial charge in [0, 0.05) is 0 Å². The van der Waals surface area contributed by atoms with Gasteiger partial charge in [-0.3, -0.25) is 0 Å². The summed E-state index contributed by atoms with van der Waals surface area (Å²) in [5.41, 5.74) is -1.94. The maximum absolute atomic E-state index is 10.2. The van der Waals surface area contributed by atoms with E-state index in [0.717, 1.165) is 25.7 Å². The Balaban J connectivity index is 4.15. The van der Waals surface area contributed by atoms with Crippen LogP contribution >= 0.6 is 0 Å². The molecule has 0 fully saturated rings. The van der Waals surface area contributed by atoms with Crippen molar-refractivity contribution in [1.82, 2.24) is 0 Å². The molecule has 0 aliphatic heterocycles. The zero-order valence-electron chi connectivity index (χ0n) is 14.0. The topological polar surface area (TPSA) is 40.5 Å². The van der Waals surface area contributed by atoms with Gasteiger partial charge in [-0.25, -0.2) is 0 Å². The lowest BCUT2D eigenvalue weighted by Gasteiger charge is -2.19. The van der Waals surface area contributed by atoms with Crippen molar-refractivity contribution in [1.29, 1.82) is 0 Å². The summed E-state index contributed by atoms with van der Waals surface area (Å²) in [6, 6.07) is 0. The first-order chi connectivity index (χ1) is 9.33. The minimum absolute atomic E-state index is 0.686. The largest absolute Gasteiger partial charge is 0.378 e. The first-order valence-electron chi connectivity index (χ1n) is 8.32. The van der Waals surface area contributed by atoms with E-state index in [-0.39, 0.29) is 0 Å². The van der Waals surface area contributed by atoms with E-state index in [1.54, 1.807) is 13.8 Å². The van der Waals surface area contributed by atoms with E-state index in [1.165, 1.54) is 25.7 Å². The first kappa shape index (κ1) is 19.5. The molecule has 118 valence electrons. The van der Waals surface area contributed by atoms with Gasteiger partial charge in [0.1, 0.15) is 11.2 Å². The number of rotatable bonds is 10. The van der Waals surface area contributed by atoms with Gasteiger partial charge in [-0.2, -0.15) is 0 Å². The third kappa shape index (κ3) is 11.3. The third-order valence-electron chi connectivity index (χ3n) is 3.64. The molecule has 0 aromatic heterocycles. The van der Waals surface area contributed by atoms with Crippen LogP contribution in [-0.2, 0) is 0 Å². The molecule has 0 radical (unpaired) electrons. The highest BCUT2D eigenvalue weighted by Crippen LogP contribution is 2.17. The van der Waals surface area contributed by atoms with Gasteiger partial charge in [-0.1, -0.05) is 64.2 Å². The Morgan fingerprint density at radius 1 is 0.650 bits per heavy atom. The second kappa shape index (κ2) is 10.2. The van der Waals surface area contributed by atoms with Gasteiger partial charge in [0.25, 0.3) is 0 Å². The van der Waals surface area contributed by atoms with Crippen molar-refractivity contribution in [3.63, 3.8) is 0 Å². The molecule has 0 aliphatic carbocycles. The number of hydrogen-bond donors (Lipinski definition) is 2. The van der Waals surface area contributed by atoms with Crippen molar-refractivity contribution in [2.45, 2.75) is 103 Å². The molecule has 2 N–H and O–H groups in total. The van der Waals surface area contributed by atoms with Gasteiger partial charge < -0.3 is 10.2 Å². The Labute approximate surface area is 126 Å². The quantitative estimate of drug-likeness (QED) is 0.459. The fraction of sp³-hybridized carbons (Fsp3) is 0.889. The number of aliphatic hydroxyl groups is 2. The average molecular weight is 282 g/mol. The van der Waals surface area contributed by atoms with Gasteiger partial charge in [0.05, 0.1) is 0 Å². The van der Waals surface area contributed by atoms with Gasteiger partial charge in [0.2, 0.25) is 0 Å². The standard InChI is InChI=1S/C18H34O2/c1-5-7-9-11-13-17(3,19)15-16-18(4,20)14-12-10-8-6-2/h19-20H,5-14H2,1-4H3/t17-,18+. The molecule has 0 unspecified atom stereocenters. The minimum Gasteiger partial charge on any atom is -0.378 e. The fourth-order valence-corrected chi connectivity index (χ4v) is 2.19. The second-order valence-electron chi connectivity index (χ2n) is 6.42. The Hall–Kier alpha value is -0.520. The third-order valence-corrected chi connectivity index (χ3v) is 3.64. The Bertz CT molecular complexity index is 266. The molecule has 0 aliphatic rings. The van der Waals surface area contributed by atoms with E-state index < -0.39 is 11.2 Å². The summed E-state index contributed by atoms with van der Waals surface area (Å²) in [5.74, 6) is 5.75. The van der Waals surface area contributed by atoms with E-state index in [9.17, 15) is 10.2 Å². The first-order valence-corrected chi connectivity index (χ1v) is 8.32. The Kier molecular flexibility index (Phi) is 9.98. The van der Waals surface area contributed by atoms with Crippen molar-refractivity contribution in [3.8, 4) is 11.8 Å². The molecular weight excluding hydrogens is 248 g/mol. The second-order valence-corrected chi connectivity index (χ2v) is 6.42. The predicted molar refractivity (Wildman–Crippen MR) is 86.5 cm³/mol. The van der Waals surface area contributed by atoms with Crippen LogP contribution in [0.1, 0.15) is 91.9 Å². The molecule has 0 aromatic carbocycles. The van der Waals surface area contributed by atoms with Crippen LogP contribution in [0.3, 0.4) is 0 Å². The van der Waals surface area contributed by atoms with Crippen LogP contribution in [0, 0.1) is 11.8 Å². The van der Waals surface area contributed by atoms with Gasteiger partial charge in [-0.15, -0.1) is 0 Å². The van der Waals surface area contributed by atoms with Crippen LogP contribution in [0.25, 0.3) is 0 Å². The van der Waals surface area contributed by atoms with E-state index >= 15 is 0 Å². The molecule has 2 nitrogen and oxygen atoms in total. The molecule has 0 saturated carbocycles. The predicted octanol–water partition coefficient (Wildman–Crippen LogP) is 4.43. The Morgan fingerprint density at radius 2 is 1.00 bits per heavy atom. The molecule has 0 aromatic rings.